The Labute approximate surface area is 137 Å². The quantitative estimate of drug-likeness (QED) is 0.844. The number of carbonyl (C=O) groups is 1. The molecule has 23 heavy (non-hydrogen) atoms. The lowest BCUT2D eigenvalue weighted by atomic mass is 10.1. The number of amides is 1. The number of nitrogens with zero attached hydrogens (tertiary/aromatic N) is 1. The second-order valence-corrected chi connectivity index (χ2v) is 5.76. The zero-order valence-electron chi connectivity index (χ0n) is 14.0. The highest BCUT2D eigenvalue weighted by atomic mass is 16.5. The van der Waals surface area contributed by atoms with Crippen LogP contribution in [0.3, 0.4) is 0 Å². The van der Waals surface area contributed by atoms with Gasteiger partial charge in [-0.15, -0.1) is 0 Å². The van der Waals surface area contributed by atoms with Crippen molar-refractivity contribution in [1.82, 2.24) is 10.3 Å². The highest BCUT2D eigenvalue weighted by Gasteiger charge is 2.14. The lowest BCUT2D eigenvalue weighted by molar-refractivity contribution is -0.125. The van der Waals surface area contributed by atoms with Gasteiger partial charge < -0.3 is 10.1 Å². The summed E-state index contributed by atoms with van der Waals surface area (Å²) in [5.74, 6) is 0.939. The molecule has 1 amide bonds. The fourth-order valence-electron chi connectivity index (χ4n) is 2.13. The Balaban J connectivity index is 1.90. The van der Waals surface area contributed by atoms with Crippen LogP contribution in [-0.4, -0.2) is 10.9 Å². The van der Waals surface area contributed by atoms with Crippen LogP contribution in [0.1, 0.15) is 44.4 Å². The van der Waals surface area contributed by atoms with Gasteiger partial charge >= 0.3 is 0 Å². The van der Waals surface area contributed by atoms with E-state index in [0.29, 0.717) is 6.61 Å². The number of ether oxygens (including phenoxy) is 1. The number of hydrogen-bond acceptors (Lipinski definition) is 3. The predicted octanol–water partition coefficient (Wildman–Crippen LogP) is 3.88. The van der Waals surface area contributed by atoms with Crippen LogP contribution in [0, 0.1) is 5.92 Å². The molecule has 0 bridgehead atoms. The van der Waals surface area contributed by atoms with Crippen molar-refractivity contribution in [1.29, 1.82) is 0 Å². The van der Waals surface area contributed by atoms with E-state index in [0.717, 1.165) is 23.3 Å². The highest BCUT2D eigenvalue weighted by molar-refractivity contribution is 5.78. The van der Waals surface area contributed by atoms with E-state index in [4.69, 9.17) is 4.74 Å². The van der Waals surface area contributed by atoms with Crippen molar-refractivity contribution in [3.8, 4) is 5.75 Å². The molecule has 1 aromatic carbocycles. The van der Waals surface area contributed by atoms with Crippen LogP contribution >= 0.6 is 0 Å². The third-order valence-corrected chi connectivity index (χ3v) is 3.93. The average Bonchev–Trinajstić information content (AvgIpc) is 2.60. The Morgan fingerprint density at radius 3 is 2.57 bits per heavy atom. The SMILES string of the molecule is CC[C@@H](C)C(=O)N[C@H](C)c1ccc(OCc2cccnc2)cc1. The van der Waals surface area contributed by atoms with Gasteiger partial charge in [0, 0.05) is 23.9 Å². The zero-order chi connectivity index (χ0) is 16.7. The third kappa shape index (κ3) is 5.09. The molecule has 0 saturated heterocycles. The van der Waals surface area contributed by atoms with E-state index in [1.165, 1.54) is 0 Å². The number of aromatic nitrogens is 1. The van der Waals surface area contributed by atoms with E-state index >= 15 is 0 Å². The van der Waals surface area contributed by atoms with E-state index in [9.17, 15) is 4.79 Å². The van der Waals surface area contributed by atoms with Crippen LogP contribution in [-0.2, 0) is 11.4 Å². The molecule has 4 heteroatoms. The largest absolute Gasteiger partial charge is 0.489 e. The van der Waals surface area contributed by atoms with Gasteiger partial charge in [0.05, 0.1) is 6.04 Å². The van der Waals surface area contributed by atoms with Crippen molar-refractivity contribution in [2.45, 2.75) is 39.8 Å². The van der Waals surface area contributed by atoms with Crippen LogP contribution in [0.15, 0.2) is 48.8 Å². The maximum absolute atomic E-state index is 11.9. The van der Waals surface area contributed by atoms with Crippen molar-refractivity contribution in [2.75, 3.05) is 0 Å². The van der Waals surface area contributed by atoms with Crippen molar-refractivity contribution >= 4 is 5.91 Å². The van der Waals surface area contributed by atoms with Crippen molar-refractivity contribution in [3.05, 3.63) is 59.9 Å². The Morgan fingerprint density at radius 2 is 1.96 bits per heavy atom. The highest BCUT2D eigenvalue weighted by Crippen LogP contribution is 2.19. The van der Waals surface area contributed by atoms with Gasteiger partial charge in [-0.2, -0.15) is 0 Å². The van der Waals surface area contributed by atoms with E-state index in [1.54, 1.807) is 12.4 Å². The number of carbonyl (C=O) groups excluding carboxylic acids is 1. The van der Waals surface area contributed by atoms with Crippen LogP contribution in [0.25, 0.3) is 0 Å². The van der Waals surface area contributed by atoms with Gasteiger partial charge in [-0.05, 0) is 37.1 Å². The van der Waals surface area contributed by atoms with Gasteiger partial charge in [0.15, 0.2) is 0 Å². The summed E-state index contributed by atoms with van der Waals surface area (Å²) in [6.45, 7) is 6.44. The molecule has 0 fully saturated rings. The minimum Gasteiger partial charge on any atom is -0.489 e. The van der Waals surface area contributed by atoms with E-state index < -0.39 is 0 Å². The molecule has 0 aliphatic rings. The molecule has 0 saturated carbocycles. The molecule has 0 radical (unpaired) electrons. The average molecular weight is 312 g/mol. The van der Waals surface area contributed by atoms with E-state index in [2.05, 4.69) is 10.3 Å². The minimum atomic E-state index is -0.0103. The first-order valence-corrected chi connectivity index (χ1v) is 8.02. The zero-order valence-corrected chi connectivity index (χ0v) is 14.0. The molecule has 4 nitrogen and oxygen atoms in total. The molecule has 0 spiro atoms. The maximum atomic E-state index is 11.9. The molecule has 0 aliphatic heterocycles. The monoisotopic (exact) mass is 312 g/mol. The Morgan fingerprint density at radius 1 is 1.22 bits per heavy atom. The summed E-state index contributed by atoms with van der Waals surface area (Å²) in [7, 11) is 0. The summed E-state index contributed by atoms with van der Waals surface area (Å²) in [6.07, 6.45) is 4.38. The molecule has 1 aromatic heterocycles. The first-order chi connectivity index (χ1) is 11.1. The van der Waals surface area contributed by atoms with Crippen molar-refractivity contribution in [3.63, 3.8) is 0 Å². The minimum absolute atomic E-state index is 0.0103. The molecule has 2 atom stereocenters. The molecular formula is C19H24N2O2. The summed E-state index contributed by atoms with van der Waals surface area (Å²) < 4.78 is 5.74. The standard InChI is InChI=1S/C19H24N2O2/c1-4-14(2)19(22)21-15(3)17-7-9-18(10-8-17)23-13-16-6-5-11-20-12-16/h5-12,14-15H,4,13H2,1-3H3,(H,21,22)/t14-,15-/m1/s1. The summed E-state index contributed by atoms with van der Waals surface area (Å²) in [6, 6.07) is 11.7. The van der Waals surface area contributed by atoms with Gasteiger partial charge in [0.1, 0.15) is 12.4 Å². The fourth-order valence-corrected chi connectivity index (χ4v) is 2.13. The number of pyridine rings is 1. The lowest BCUT2D eigenvalue weighted by Gasteiger charge is -2.17. The first kappa shape index (κ1) is 17.0. The second-order valence-electron chi connectivity index (χ2n) is 5.76. The number of nitrogens with one attached hydrogen (secondary N) is 1. The van der Waals surface area contributed by atoms with Gasteiger partial charge in [-0.3, -0.25) is 9.78 Å². The molecule has 0 aliphatic carbocycles. The van der Waals surface area contributed by atoms with Crippen LogP contribution in [0.2, 0.25) is 0 Å². The first-order valence-electron chi connectivity index (χ1n) is 8.02. The molecule has 1 heterocycles. The lowest BCUT2D eigenvalue weighted by Crippen LogP contribution is -2.31. The van der Waals surface area contributed by atoms with Crippen molar-refractivity contribution < 1.29 is 9.53 Å². The Kier molecular flexibility index (Phi) is 6.15. The maximum Gasteiger partial charge on any atom is 0.223 e. The van der Waals surface area contributed by atoms with Gasteiger partial charge in [-0.1, -0.05) is 32.0 Å². The summed E-state index contributed by atoms with van der Waals surface area (Å²) >= 11 is 0. The summed E-state index contributed by atoms with van der Waals surface area (Å²) in [5.41, 5.74) is 2.10. The second kappa shape index (κ2) is 8.32. The number of rotatable bonds is 7. The van der Waals surface area contributed by atoms with Crippen LogP contribution in [0.4, 0.5) is 0 Å². The van der Waals surface area contributed by atoms with Crippen LogP contribution < -0.4 is 10.1 Å². The van der Waals surface area contributed by atoms with Crippen molar-refractivity contribution in [2.24, 2.45) is 5.92 Å². The molecule has 122 valence electrons. The third-order valence-electron chi connectivity index (χ3n) is 3.93. The predicted molar refractivity (Wildman–Crippen MR) is 91.0 cm³/mol. The smallest absolute Gasteiger partial charge is 0.223 e. The van der Waals surface area contributed by atoms with Gasteiger partial charge in [0.25, 0.3) is 0 Å². The van der Waals surface area contributed by atoms with Gasteiger partial charge in [0.2, 0.25) is 5.91 Å². The number of hydrogen-bond donors (Lipinski definition) is 1. The Bertz CT molecular complexity index is 611. The fraction of sp³-hybridized carbons (Fsp3) is 0.368. The molecule has 2 aromatic rings. The van der Waals surface area contributed by atoms with Crippen LogP contribution in [0.5, 0.6) is 5.75 Å². The number of benzene rings is 1. The van der Waals surface area contributed by atoms with E-state index in [-0.39, 0.29) is 17.9 Å². The van der Waals surface area contributed by atoms with E-state index in [1.807, 2.05) is 57.2 Å². The molecule has 1 N–H and O–H groups in total. The topological polar surface area (TPSA) is 51.2 Å². The molecule has 0 unspecified atom stereocenters. The molecular weight excluding hydrogens is 288 g/mol. The normalized spacial score (nSPS) is 13.2. The van der Waals surface area contributed by atoms with Gasteiger partial charge in [-0.25, -0.2) is 0 Å². The Hall–Kier alpha value is -2.36. The molecule has 2 rings (SSSR count). The summed E-state index contributed by atoms with van der Waals surface area (Å²) in [4.78, 5) is 16.0. The summed E-state index contributed by atoms with van der Waals surface area (Å²) in [5, 5.41) is 3.04.